The largest absolute Gasteiger partial charge is 4.00 e. The molecule has 0 aliphatic heterocycles. The second kappa shape index (κ2) is 19.9. The third-order valence-electron chi connectivity index (χ3n) is 0. The Morgan fingerprint density at radius 2 is 0.750 bits per heavy atom. The standard InChI is InChI=1S/Pt.Rh.2S/q+4;;2*-2. The molecule has 0 amide bonds. The molecule has 0 rings (SSSR count). The molecule has 1 radical (unpaired) electrons. The fraction of sp³-hybridized carbons (Fsp3) is 0. The summed E-state index contributed by atoms with van der Waals surface area (Å²) in [6.07, 6.45) is 0. The fourth-order valence-electron chi connectivity index (χ4n) is 0. The van der Waals surface area contributed by atoms with Crippen LogP contribution in [0.1, 0.15) is 0 Å². The van der Waals surface area contributed by atoms with E-state index >= 15 is 0 Å². The van der Waals surface area contributed by atoms with E-state index in [1.54, 1.807) is 0 Å². The van der Waals surface area contributed by atoms with Gasteiger partial charge >= 0.3 is 21.1 Å². The van der Waals surface area contributed by atoms with E-state index in [4.69, 9.17) is 0 Å². The first-order valence-electron chi connectivity index (χ1n) is 0. The van der Waals surface area contributed by atoms with Crippen molar-refractivity contribution in [1.82, 2.24) is 0 Å². The molecule has 0 saturated carbocycles. The van der Waals surface area contributed by atoms with Gasteiger partial charge in [-0.25, -0.2) is 0 Å². The smallest absolute Gasteiger partial charge is 2.00 e. The first-order chi connectivity index (χ1) is 0. The molecule has 0 aromatic rings. The number of rotatable bonds is 0. The molecule has 31 valence electrons. The average Bonchev–Trinajstić information content (AvgIpc) is 0. The van der Waals surface area contributed by atoms with Crippen molar-refractivity contribution in [3.63, 3.8) is 0 Å². The van der Waals surface area contributed by atoms with Crippen molar-refractivity contribution >= 4 is 27.0 Å². The molecule has 0 aromatic carbocycles. The molecule has 0 heterocycles. The van der Waals surface area contributed by atoms with Crippen LogP contribution in [0.25, 0.3) is 0 Å². The zero-order valence-corrected chi connectivity index (χ0v) is 7.01. The van der Waals surface area contributed by atoms with Crippen LogP contribution in [0, 0.1) is 0 Å². The van der Waals surface area contributed by atoms with E-state index in [-0.39, 0.29) is 67.5 Å². The summed E-state index contributed by atoms with van der Waals surface area (Å²) >= 11 is 0. The van der Waals surface area contributed by atoms with Crippen LogP contribution in [-0.4, -0.2) is 0 Å². The fourth-order valence-corrected chi connectivity index (χ4v) is 0. The van der Waals surface area contributed by atoms with Crippen LogP contribution < -0.4 is 0 Å². The van der Waals surface area contributed by atoms with E-state index in [0.29, 0.717) is 0 Å². The van der Waals surface area contributed by atoms with E-state index in [0.717, 1.165) is 0 Å². The van der Waals surface area contributed by atoms with E-state index in [1.165, 1.54) is 0 Å². The third kappa shape index (κ3) is 8.99. The summed E-state index contributed by atoms with van der Waals surface area (Å²) in [4.78, 5) is 0. The Balaban J connectivity index is 0. The molecule has 0 spiro atoms. The summed E-state index contributed by atoms with van der Waals surface area (Å²) in [5.41, 5.74) is 0. The van der Waals surface area contributed by atoms with Crippen molar-refractivity contribution in [2.75, 3.05) is 0 Å². The Morgan fingerprint density at radius 1 is 0.750 bits per heavy atom. The van der Waals surface area contributed by atoms with Gasteiger partial charge < -0.3 is 27.0 Å². The second-order valence-electron chi connectivity index (χ2n) is 0. The molecule has 0 aliphatic carbocycles. The van der Waals surface area contributed by atoms with Crippen LogP contribution in [0.4, 0.5) is 0 Å². The second-order valence-corrected chi connectivity index (χ2v) is 0. The Kier molecular flexibility index (Phi) is 186. The van der Waals surface area contributed by atoms with Crippen molar-refractivity contribution in [3.05, 3.63) is 0 Å². The minimum atomic E-state index is 0. The van der Waals surface area contributed by atoms with E-state index < -0.39 is 0 Å². The SMILES string of the molecule is [Pt+4].[Rh].[S-2].[S-2]. The third-order valence-corrected chi connectivity index (χ3v) is 0. The van der Waals surface area contributed by atoms with Gasteiger partial charge in [-0.1, -0.05) is 0 Å². The van der Waals surface area contributed by atoms with Crippen molar-refractivity contribution in [1.29, 1.82) is 0 Å². The van der Waals surface area contributed by atoms with Gasteiger partial charge in [0.15, 0.2) is 0 Å². The van der Waals surface area contributed by atoms with Gasteiger partial charge in [0.1, 0.15) is 0 Å². The van der Waals surface area contributed by atoms with Crippen molar-refractivity contribution in [2.24, 2.45) is 0 Å². The average molecular weight is 362 g/mol. The van der Waals surface area contributed by atoms with E-state index in [9.17, 15) is 0 Å². The molecule has 0 nitrogen and oxygen atoms in total. The summed E-state index contributed by atoms with van der Waals surface area (Å²) in [5, 5.41) is 0. The predicted molar refractivity (Wildman–Crippen MR) is 14.7 cm³/mol. The predicted octanol–water partition coefficient (Wildman–Crippen LogP) is -0.00980. The Hall–Kier alpha value is 2.01. The molecule has 0 aromatic heterocycles. The first-order valence-corrected chi connectivity index (χ1v) is 0. The van der Waals surface area contributed by atoms with Crippen molar-refractivity contribution in [2.45, 2.75) is 0 Å². The molecular weight excluding hydrogens is 362 g/mol. The van der Waals surface area contributed by atoms with Gasteiger partial charge in [0, 0.05) is 19.5 Å². The Bertz CT molecular complexity index is 6.00. The molecule has 4 heavy (non-hydrogen) atoms. The maximum absolute atomic E-state index is 0. The van der Waals surface area contributed by atoms with Crippen molar-refractivity contribution < 1.29 is 40.5 Å². The summed E-state index contributed by atoms with van der Waals surface area (Å²) < 4.78 is 0. The minimum absolute atomic E-state index is 0. The van der Waals surface area contributed by atoms with Crippen LogP contribution >= 0.6 is 0 Å². The minimum Gasteiger partial charge on any atom is -2.00 e. The van der Waals surface area contributed by atoms with E-state index in [2.05, 4.69) is 0 Å². The normalized spacial score (nSPS) is 0. The molecule has 0 fully saturated rings. The topological polar surface area (TPSA) is 0 Å². The maximum atomic E-state index is 0. The van der Waals surface area contributed by atoms with Crippen LogP contribution in [-0.2, 0) is 67.5 Å². The summed E-state index contributed by atoms with van der Waals surface area (Å²) in [5.74, 6) is 0. The van der Waals surface area contributed by atoms with Crippen LogP contribution in [0.15, 0.2) is 0 Å². The van der Waals surface area contributed by atoms with Gasteiger partial charge in [0.05, 0.1) is 0 Å². The van der Waals surface area contributed by atoms with Gasteiger partial charge in [0.25, 0.3) is 0 Å². The zero-order valence-electron chi connectivity index (χ0n) is 1.47. The molecule has 0 bridgehead atoms. The summed E-state index contributed by atoms with van der Waals surface area (Å²) in [6, 6.07) is 0. The number of hydrogen-bond acceptors (Lipinski definition) is 0. The maximum Gasteiger partial charge on any atom is 4.00 e. The van der Waals surface area contributed by atoms with Crippen LogP contribution in [0.2, 0.25) is 0 Å². The molecule has 0 atom stereocenters. The molecule has 0 unspecified atom stereocenters. The van der Waals surface area contributed by atoms with Crippen LogP contribution in [0.5, 0.6) is 0 Å². The first kappa shape index (κ1) is 37.3. The quantitative estimate of drug-likeness (QED) is 0.532. The molecule has 0 saturated heterocycles. The Labute approximate surface area is 67.0 Å². The zero-order chi connectivity index (χ0) is 0. The molecule has 0 aliphatic rings. The van der Waals surface area contributed by atoms with Crippen LogP contribution in [0.3, 0.4) is 0 Å². The summed E-state index contributed by atoms with van der Waals surface area (Å²) in [7, 11) is 0. The monoisotopic (exact) mass is 362 g/mol. The van der Waals surface area contributed by atoms with Gasteiger partial charge in [-0.15, -0.1) is 0 Å². The summed E-state index contributed by atoms with van der Waals surface area (Å²) in [6.45, 7) is 0. The van der Waals surface area contributed by atoms with Gasteiger partial charge in [-0.2, -0.15) is 0 Å². The molecular formula is PtRhS2. The van der Waals surface area contributed by atoms with Gasteiger partial charge in [-0.3, -0.25) is 0 Å². The Morgan fingerprint density at radius 3 is 0.750 bits per heavy atom. The number of hydrogen-bond donors (Lipinski definition) is 0. The van der Waals surface area contributed by atoms with Gasteiger partial charge in [-0.05, 0) is 0 Å². The van der Waals surface area contributed by atoms with E-state index in [1.807, 2.05) is 0 Å². The van der Waals surface area contributed by atoms with Crippen molar-refractivity contribution in [3.8, 4) is 0 Å². The molecule has 0 N–H and O–H groups in total. The van der Waals surface area contributed by atoms with Gasteiger partial charge in [0.2, 0.25) is 0 Å². The molecule has 4 heteroatoms.